The summed E-state index contributed by atoms with van der Waals surface area (Å²) in [6.45, 7) is 0. The second-order valence-electron chi connectivity index (χ2n) is 3.15. The van der Waals surface area contributed by atoms with Gasteiger partial charge in [-0.1, -0.05) is 12.1 Å². The number of halogens is 1. The quantitative estimate of drug-likeness (QED) is 0.880. The summed E-state index contributed by atoms with van der Waals surface area (Å²) in [5.74, 6) is 0.881. The fraction of sp³-hybridized carbons (Fsp3) is 0.300. The smallest absolute Gasteiger partial charge is 0.118 e. The van der Waals surface area contributed by atoms with Gasteiger partial charge in [0.05, 0.1) is 13.2 Å². The maximum Gasteiger partial charge on any atom is 0.118 e. The molecule has 1 aliphatic rings. The molecule has 3 nitrogen and oxygen atoms in total. The van der Waals surface area contributed by atoms with Crippen LogP contribution < -0.4 is 10.2 Å². The maximum atomic E-state index is 5.09. The highest BCUT2D eigenvalue weighted by molar-refractivity contribution is 9.18. The van der Waals surface area contributed by atoms with Crippen LogP contribution in [0.5, 0.6) is 5.75 Å². The van der Waals surface area contributed by atoms with Crippen LogP contribution in [0.3, 0.4) is 0 Å². The Balaban J connectivity index is 2.11. The first-order valence-electron chi connectivity index (χ1n) is 4.41. The lowest BCUT2D eigenvalue weighted by atomic mass is 10.1. The van der Waals surface area contributed by atoms with E-state index >= 15 is 0 Å². The second-order valence-corrected chi connectivity index (χ2v) is 4.06. The van der Waals surface area contributed by atoms with E-state index in [0.717, 1.165) is 16.8 Å². The van der Waals surface area contributed by atoms with E-state index < -0.39 is 0 Å². The summed E-state index contributed by atoms with van der Waals surface area (Å²) in [6.07, 6.45) is 0.909. The van der Waals surface area contributed by atoms with Crippen molar-refractivity contribution in [3.05, 3.63) is 29.8 Å². The maximum absolute atomic E-state index is 5.09. The van der Waals surface area contributed by atoms with E-state index in [1.807, 2.05) is 12.1 Å². The zero-order valence-corrected chi connectivity index (χ0v) is 9.41. The van der Waals surface area contributed by atoms with E-state index in [0.29, 0.717) is 0 Å². The third kappa shape index (κ3) is 1.90. The molecular weight excluding hydrogens is 244 g/mol. The highest BCUT2D eigenvalue weighted by Crippen LogP contribution is 2.25. The molecule has 0 bridgehead atoms. The molecule has 1 aromatic rings. The molecule has 0 aliphatic carbocycles. The number of rotatable bonds is 2. The molecule has 0 saturated carbocycles. The Kier molecular flexibility index (Phi) is 2.72. The molecule has 1 atom stereocenters. The molecule has 1 unspecified atom stereocenters. The van der Waals surface area contributed by atoms with Gasteiger partial charge >= 0.3 is 0 Å². The van der Waals surface area contributed by atoms with Gasteiger partial charge in [0.1, 0.15) is 10.4 Å². The average molecular weight is 255 g/mol. The topological polar surface area (TPSA) is 33.6 Å². The van der Waals surface area contributed by atoms with Crippen LogP contribution >= 0.6 is 15.9 Å². The van der Waals surface area contributed by atoms with Gasteiger partial charge in [-0.3, -0.25) is 0 Å². The predicted octanol–water partition coefficient (Wildman–Crippen LogP) is 2.44. The number of benzene rings is 1. The number of methoxy groups -OCH3 is 1. The van der Waals surface area contributed by atoms with Crippen LogP contribution in [-0.2, 0) is 0 Å². The van der Waals surface area contributed by atoms with Gasteiger partial charge in [0.25, 0.3) is 0 Å². The molecule has 74 valence electrons. The minimum atomic E-state index is 0.287. The van der Waals surface area contributed by atoms with Crippen LogP contribution in [0, 0.1) is 0 Å². The molecule has 0 fully saturated rings. The lowest BCUT2D eigenvalue weighted by molar-refractivity contribution is 0.414. The van der Waals surface area contributed by atoms with Crippen molar-refractivity contribution in [3.8, 4) is 5.75 Å². The van der Waals surface area contributed by atoms with Gasteiger partial charge in [-0.25, -0.2) is 0 Å². The lowest BCUT2D eigenvalue weighted by Gasteiger charge is -2.10. The molecule has 0 spiro atoms. The van der Waals surface area contributed by atoms with Gasteiger partial charge in [0.2, 0.25) is 0 Å². The number of hydrogen-bond donors (Lipinski definition) is 1. The number of hydrogen-bond acceptors (Lipinski definition) is 3. The molecule has 0 radical (unpaired) electrons. The molecular formula is C10H11BrN2O. The summed E-state index contributed by atoms with van der Waals surface area (Å²) >= 11 is 3.37. The van der Waals surface area contributed by atoms with Crippen LogP contribution in [0.4, 0.5) is 0 Å². The van der Waals surface area contributed by atoms with Crippen molar-refractivity contribution in [2.24, 2.45) is 5.10 Å². The molecule has 0 saturated heterocycles. The Morgan fingerprint density at radius 2 is 2.14 bits per heavy atom. The Hall–Kier alpha value is -1.03. The van der Waals surface area contributed by atoms with Crippen molar-refractivity contribution in [3.63, 3.8) is 0 Å². The van der Waals surface area contributed by atoms with Gasteiger partial charge in [0, 0.05) is 6.42 Å². The molecule has 1 aliphatic heterocycles. The van der Waals surface area contributed by atoms with Crippen LogP contribution in [0.15, 0.2) is 29.4 Å². The molecule has 0 aromatic heterocycles. The highest BCUT2D eigenvalue weighted by atomic mass is 79.9. The zero-order valence-electron chi connectivity index (χ0n) is 7.83. The van der Waals surface area contributed by atoms with E-state index in [2.05, 4.69) is 38.6 Å². The summed E-state index contributed by atoms with van der Waals surface area (Å²) in [7, 11) is 1.67. The standard InChI is InChI=1S/C10H11BrN2O/c1-14-8-4-2-7(3-5-8)9-6-10(11)13-12-9/h2-5,9,12H,6H2,1H3. The van der Waals surface area contributed by atoms with Gasteiger partial charge in [-0.2, -0.15) is 5.10 Å². The summed E-state index contributed by atoms with van der Waals surface area (Å²) in [6, 6.07) is 8.32. The van der Waals surface area contributed by atoms with Gasteiger partial charge < -0.3 is 10.2 Å². The Morgan fingerprint density at radius 3 is 2.64 bits per heavy atom. The van der Waals surface area contributed by atoms with Crippen molar-refractivity contribution in [1.82, 2.24) is 5.43 Å². The highest BCUT2D eigenvalue weighted by Gasteiger charge is 2.17. The Morgan fingerprint density at radius 1 is 1.43 bits per heavy atom. The van der Waals surface area contributed by atoms with Crippen molar-refractivity contribution in [2.75, 3.05) is 7.11 Å². The van der Waals surface area contributed by atoms with Crippen molar-refractivity contribution in [1.29, 1.82) is 0 Å². The Labute approximate surface area is 91.3 Å². The monoisotopic (exact) mass is 254 g/mol. The first-order chi connectivity index (χ1) is 6.79. The normalized spacial score (nSPS) is 20.1. The molecule has 2 rings (SSSR count). The second kappa shape index (κ2) is 4.00. The van der Waals surface area contributed by atoms with Crippen molar-refractivity contribution < 1.29 is 4.74 Å². The Bertz CT molecular complexity index is 348. The van der Waals surface area contributed by atoms with Gasteiger partial charge in [0.15, 0.2) is 0 Å². The lowest BCUT2D eigenvalue weighted by Crippen LogP contribution is -2.09. The minimum Gasteiger partial charge on any atom is -0.497 e. The first kappa shape index (κ1) is 9.52. The van der Waals surface area contributed by atoms with Crippen LogP contribution in [-0.4, -0.2) is 11.7 Å². The third-order valence-electron chi connectivity index (χ3n) is 2.23. The largest absolute Gasteiger partial charge is 0.497 e. The summed E-state index contributed by atoms with van der Waals surface area (Å²) < 4.78 is 6.07. The van der Waals surface area contributed by atoms with E-state index in [4.69, 9.17) is 4.74 Å². The predicted molar refractivity (Wildman–Crippen MR) is 59.8 cm³/mol. The summed E-state index contributed by atoms with van der Waals surface area (Å²) in [5.41, 5.74) is 4.29. The molecule has 1 aromatic carbocycles. The minimum absolute atomic E-state index is 0.287. The number of ether oxygens (including phenoxy) is 1. The fourth-order valence-corrected chi connectivity index (χ4v) is 1.86. The van der Waals surface area contributed by atoms with E-state index in [9.17, 15) is 0 Å². The van der Waals surface area contributed by atoms with Gasteiger partial charge in [-0.15, -0.1) is 0 Å². The summed E-state index contributed by atoms with van der Waals surface area (Å²) in [4.78, 5) is 0. The zero-order chi connectivity index (χ0) is 9.97. The van der Waals surface area contributed by atoms with Crippen LogP contribution in [0.1, 0.15) is 18.0 Å². The number of nitrogens with one attached hydrogen (secondary N) is 1. The van der Waals surface area contributed by atoms with Crippen LogP contribution in [0.2, 0.25) is 0 Å². The van der Waals surface area contributed by atoms with E-state index in [1.165, 1.54) is 5.56 Å². The first-order valence-corrected chi connectivity index (χ1v) is 5.20. The van der Waals surface area contributed by atoms with Gasteiger partial charge in [-0.05, 0) is 33.6 Å². The van der Waals surface area contributed by atoms with E-state index in [1.54, 1.807) is 7.11 Å². The van der Waals surface area contributed by atoms with Crippen LogP contribution in [0.25, 0.3) is 0 Å². The van der Waals surface area contributed by atoms with E-state index in [-0.39, 0.29) is 6.04 Å². The third-order valence-corrected chi connectivity index (χ3v) is 2.73. The molecule has 1 N–H and O–H groups in total. The fourth-order valence-electron chi connectivity index (χ4n) is 1.44. The van der Waals surface area contributed by atoms with Crippen molar-refractivity contribution in [2.45, 2.75) is 12.5 Å². The number of nitrogens with zero attached hydrogens (tertiary/aromatic N) is 1. The summed E-state index contributed by atoms with van der Waals surface area (Å²) in [5, 5.41) is 4.09. The molecule has 1 heterocycles. The molecule has 0 amide bonds. The number of hydrazone groups is 1. The average Bonchev–Trinajstić information content (AvgIpc) is 2.65. The molecule has 14 heavy (non-hydrogen) atoms. The SMILES string of the molecule is COc1ccc(C2CC(Br)=NN2)cc1. The molecule has 4 heteroatoms. The van der Waals surface area contributed by atoms with Crippen molar-refractivity contribution >= 4 is 20.6 Å².